The fourth-order valence-corrected chi connectivity index (χ4v) is 3.94. The normalized spacial score (nSPS) is 20.7. The Morgan fingerprint density at radius 3 is 2.36 bits per heavy atom. The van der Waals surface area contributed by atoms with E-state index in [1.807, 2.05) is 0 Å². The van der Waals surface area contributed by atoms with Crippen LogP contribution >= 0.6 is 0 Å². The van der Waals surface area contributed by atoms with Gasteiger partial charge in [0.2, 0.25) is 0 Å². The van der Waals surface area contributed by atoms with Crippen molar-refractivity contribution in [3.05, 3.63) is 39.9 Å². The Balaban J connectivity index is 2.30. The lowest BCUT2D eigenvalue weighted by atomic mass is 9.81. The van der Waals surface area contributed by atoms with E-state index in [1.54, 1.807) is 12.1 Å². The summed E-state index contributed by atoms with van der Waals surface area (Å²) in [5.41, 5.74) is 0.929. The van der Waals surface area contributed by atoms with E-state index in [0.29, 0.717) is 6.42 Å². The van der Waals surface area contributed by atoms with Crippen LogP contribution in [0.1, 0.15) is 37.4 Å². The zero-order valence-corrected chi connectivity index (χ0v) is 14.4. The van der Waals surface area contributed by atoms with E-state index >= 15 is 0 Å². The van der Waals surface area contributed by atoms with Crippen LogP contribution in [0, 0.1) is 16.0 Å². The lowest BCUT2D eigenvalue weighted by molar-refractivity contribution is -0.384. The number of benzene rings is 1. The van der Waals surface area contributed by atoms with Crippen molar-refractivity contribution in [1.29, 1.82) is 0 Å². The van der Waals surface area contributed by atoms with Crippen LogP contribution in [0.15, 0.2) is 24.3 Å². The Bertz CT molecular complexity index is 550. The summed E-state index contributed by atoms with van der Waals surface area (Å²) in [6.45, 7) is 6.29. The van der Waals surface area contributed by atoms with Crippen molar-refractivity contribution in [2.24, 2.45) is 5.92 Å². The summed E-state index contributed by atoms with van der Waals surface area (Å²) < 4.78 is 6.28. The number of hydrogen-bond acceptors (Lipinski definition) is 4. The van der Waals surface area contributed by atoms with Gasteiger partial charge in [0, 0.05) is 24.5 Å². The summed E-state index contributed by atoms with van der Waals surface area (Å²) in [6.07, 6.45) is 3.17. The number of nitro benzene ring substituents is 1. The first kappa shape index (κ1) is 16.8. The van der Waals surface area contributed by atoms with Crippen LogP contribution < -0.4 is 0 Å². The summed E-state index contributed by atoms with van der Waals surface area (Å²) >= 11 is 0. The SMILES string of the molecule is C[Si](C)(C)O[C@@H](c1ccc([N+](=O)[O-])cc1)[C@H]1CCCCC1=O. The van der Waals surface area contributed by atoms with Gasteiger partial charge in [-0.15, -0.1) is 0 Å². The number of carbonyl (C=O) groups excluding carboxylic acids is 1. The zero-order chi connectivity index (χ0) is 16.3. The van der Waals surface area contributed by atoms with E-state index in [9.17, 15) is 14.9 Å². The molecule has 1 aliphatic carbocycles. The summed E-state index contributed by atoms with van der Waals surface area (Å²) in [4.78, 5) is 22.7. The highest BCUT2D eigenvalue weighted by Crippen LogP contribution is 2.37. The number of Topliss-reactive ketones (excluding diaryl/α,β-unsaturated/α-hetero) is 1. The molecule has 2 atom stereocenters. The quantitative estimate of drug-likeness (QED) is 0.462. The molecule has 0 bridgehead atoms. The average Bonchev–Trinajstić information content (AvgIpc) is 2.45. The van der Waals surface area contributed by atoms with Gasteiger partial charge in [-0.3, -0.25) is 14.9 Å². The summed E-state index contributed by atoms with van der Waals surface area (Å²) in [5.74, 6) is 0.134. The zero-order valence-electron chi connectivity index (χ0n) is 13.4. The lowest BCUT2D eigenvalue weighted by Gasteiger charge is -2.34. The van der Waals surface area contributed by atoms with Gasteiger partial charge in [-0.25, -0.2) is 0 Å². The highest BCUT2D eigenvalue weighted by molar-refractivity contribution is 6.69. The van der Waals surface area contributed by atoms with Crippen LogP contribution in [0.4, 0.5) is 5.69 Å². The Morgan fingerprint density at radius 1 is 1.23 bits per heavy atom. The van der Waals surface area contributed by atoms with E-state index in [2.05, 4.69) is 19.6 Å². The van der Waals surface area contributed by atoms with E-state index in [-0.39, 0.29) is 23.5 Å². The smallest absolute Gasteiger partial charge is 0.269 e. The molecule has 0 aliphatic heterocycles. The van der Waals surface area contributed by atoms with Gasteiger partial charge in [0.05, 0.1) is 11.0 Å². The summed E-state index contributed by atoms with van der Waals surface area (Å²) in [6, 6.07) is 6.43. The van der Waals surface area contributed by atoms with Gasteiger partial charge in [-0.1, -0.05) is 6.42 Å². The largest absolute Gasteiger partial charge is 0.410 e. The first-order chi connectivity index (χ1) is 10.3. The molecule has 0 aromatic heterocycles. The van der Waals surface area contributed by atoms with Gasteiger partial charge in [-0.2, -0.15) is 0 Å². The third kappa shape index (κ3) is 4.24. The maximum Gasteiger partial charge on any atom is 0.269 e. The molecule has 1 aliphatic rings. The molecule has 0 heterocycles. The Morgan fingerprint density at radius 2 is 1.86 bits per heavy atom. The van der Waals surface area contributed by atoms with Crippen LogP contribution in [0.25, 0.3) is 0 Å². The monoisotopic (exact) mass is 321 g/mol. The Kier molecular flexibility index (Phi) is 5.13. The van der Waals surface area contributed by atoms with E-state index in [0.717, 1.165) is 24.8 Å². The van der Waals surface area contributed by atoms with Crippen molar-refractivity contribution in [1.82, 2.24) is 0 Å². The molecule has 1 aromatic carbocycles. The molecule has 0 N–H and O–H groups in total. The van der Waals surface area contributed by atoms with E-state index in [1.165, 1.54) is 12.1 Å². The predicted molar refractivity (Wildman–Crippen MR) is 87.2 cm³/mol. The molecule has 0 amide bonds. The summed E-state index contributed by atoms with van der Waals surface area (Å²) in [7, 11) is -1.84. The molecular formula is C16H23NO4Si. The highest BCUT2D eigenvalue weighted by atomic mass is 28.4. The number of carbonyl (C=O) groups is 1. The Hall–Kier alpha value is -1.53. The lowest BCUT2D eigenvalue weighted by Crippen LogP contribution is -2.35. The van der Waals surface area contributed by atoms with Crippen molar-refractivity contribution in [2.45, 2.75) is 51.4 Å². The minimum Gasteiger partial charge on any atom is -0.410 e. The molecule has 0 radical (unpaired) electrons. The van der Waals surface area contributed by atoms with Crippen molar-refractivity contribution in [3.63, 3.8) is 0 Å². The molecule has 2 rings (SSSR count). The predicted octanol–water partition coefficient (Wildman–Crippen LogP) is 4.25. The number of nitro groups is 1. The second kappa shape index (κ2) is 6.70. The second-order valence-corrected chi connectivity index (χ2v) is 11.3. The molecule has 6 heteroatoms. The van der Waals surface area contributed by atoms with Crippen molar-refractivity contribution in [2.75, 3.05) is 0 Å². The van der Waals surface area contributed by atoms with Gasteiger partial charge in [0.15, 0.2) is 8.32 Å². The minimum absolute atomic E-state index is 0.0606. The minimum atomic E-state index is -1.84. The standard InChI is InChI=1S/C16H23NO4Si/c1-22(2,3)21-16(14-6-4-5-7-15(14)18)12-8-10-13(11-9-12)17(19)20/h8-11,14,16H,4-7H2,1-3H3/t14-,16-/m0/s1. The van der Waals surface area contributed by atoms with Crippen LogP contribution in [0.5, 0.6) is 0 Å². The summed E-state index contributed by atoms with van der Waals surface area (Å²) in [5, 5.41) is 10.8. The third-order valence-corrected chi connectivity index (χ3v) is 4.84. The second-order valence-electron chi connectivity index (χ2n) is 6.82. The van der Waals surface area contributed by atoms with Gasteiger partial charge >= 0.3 is 0 Å². The topological polar surface area (TPSA) is 69.4 Å². The van der Waals surface area contributed by atoms with Crippen LogP contribution in [-0.4, -0.2) is 19.0 Å². The molecule has 1 fully saturated rings. The van der Waals surface area contributed by atoms with Gasteiger partial charge < -0.3 is 4.43 Å². The number of nitrogens with zero attached hydrogens (tertiary/aromatic N) is 1. The first-order valence-electron chi connectivity index (χ1n) is 7.73. The molecule has 22 heavy (non-hydrogen) atoms. The third-order valence-electron chi connectivity index (χ3n) is 3.88. The van der Waals surface area contributed by atoms with Crippen LogP contribution in [0.3, 0.4) is 0 Å². The van der Waals surface area contributed by atoms with Crippen molar-refractivity contribution < 1.29 is 14.1 Å². The van der Waals surface area contributed by atoms with Crippen molar-refractivity contribution >= 4 is 19.8 Å². The number of rotatable bonds is 5. The van der Waals surface area contributed by atoms with Crippen LogP contribution in [0.2, 0.25) is 19.6 Å². The first-order valence-corrected chi connectivity index (χ1v) is 11.1. The number of non-ortho nitro benzene ring substituents is 1. The molecule has 0 spiro atoms. The average molecular weight is 321 g/mol. The van der Waals surface area contributed by atoms with E-state index < -0.39 is 13.2 Å². The molecule has 1 saturated carbocycles. The number of ketones is 1. The molecule has 0 unspecified atom stereocenters. The molecular weight excluding hydrogens is 298 g/mol. The van der Waals surface area contributed by atoms with Gasteiger partial charge in [0.1, 0.15) is 5.78 Å². The van der Waals surface area contributed by atoms with Gasteiger partial charge in [0.25, 0.3) is 5.69 Å². The molecule has 1 aromatic rings. The highest BCUT2D eigenvalue weighted by Gasteiger charge is 2.35. The van der Waals surface area contributed by atoms with Crippen LogP contribution in [-0.2, 0) is 9.22 Å². The fraction of sp³-hybridized carbons (Fsp3) is 0.562. The van der Waals surface area contributed by atoms with Gasteiger partial charge in [-0.05, 0) is 50.2 Å². The molecule has 120 valence electrons. The van der Waals surface area contributed by atoms with E-state index in [4.69, 9.17) is 4.43 Å². The number of hydrogen-bond donors (Lipinski definition) is 0. The maximum absolute atomic E-state index is 12.3. The molecule has 5 nitrogen and oxygen atoms in total. The molecule has 0 saturated heterocycles. The fourth-order valence-electron chi connectivity index (χ4n) is 2.88. The van der Waals surface area contributed by atoms with Crippen molar-refractivity contribution in [3.8, 4) is 0 Å². The maximum atomic E-state index is 12.3. The Labute approximate surface area is 132 Å².